The summed E-state index contributed by atoms with van der Waals surface area (Å²) >= 11 is 3.19. The zero-order valence-corrected chi connectivity index (χ0v) is 14.1. The molecule has 1 N–H and O–H groups in total. The second-order valence-electron chi connectivity index (χ2n) is 5.38. The molecule has 0 aromatic carbocycles. The van der Waals surface area contributed by atoms with Gasteiger partial charge in [0.25, 0.3) is 5.91 Å². The number of carbonyl (C=O) groups is 2. The Kier molecular flexibility index (Phi) is 6.07. The molecule has 0 aliphatic rings. The smallest absolute Gasteiger partial charge is 0.410 e. The highest BCUT2D eigenvalue weighted by molar-refractivity contribution is 9.10. The molecule has 1 heterocycles. The first-order valence-corrected chi connectivity index (χ1v) is 7.18. The van der Waals surface area contributed by atoms with Gasteiger partial charge < -0.3 is 15.0 Å². The summed E-state index contributed by atoms with van der Waals surface area (Å²) in [5, 5.41) is 2.64. The zero-order chi connectivity index (χ0) is 16.0. The van der Waals surface area contributed by atoms with Crippen LogP contribution in [-0.2, 0) is 4.74 Å². The van der Waals surface area contributed by atoms with E-state index < -0.39 is 11.7 Å². The van der Waals surface area contributed by atoms with Crippen molar-refractivity contribution in [3.8, 4) is 0 Å². The van der Waals surface area contributed by atoms with Crippen molar-refractivity contribution in [1.29, 1.82) is 0 Å². The zero-order valence-electron chi connectivity index (χ0n) is 12.5. The van der Waals surface area contributed by atoms with Crippen LogP contribution in [0.3, 0.4) is 0 Å². The van der Waals surface area contributed by atoms with Crippen LogP contribution in [-0.4, -0.2) is 52.6 Å². The van der Waals surface area contributed by atoms with E-state index in [0.717, 1.165) is 0 Å². The molecule has 0 aliphatic carbocycles. The van der Waals surface area contributed by atoms with Crippen LogP contribution in [0.1, 0.15) is 31.4 Å². The van der Waals surface area contributed by atoms with E-state index in [-0.39, 0.29) is 18.3 Å². The van der Waals surface area contributed by atoms with E-state index in [2.05, 4.69) is 31.2 Å². The van der Waals surface area contributed by atoms with Crippen molar-refractivity contribution in [3.63, 3.8) is 0 Å². The van der Waals surface area contributed by atoms with E-state index >= 15 is 0 Å². The summed E-state index contributed by atoms with van der Waals surface area (Å²) in [6.07, 6.45) is 2.56. The van der Waals surface area contributed by atoms with Crippen LogP contribution in [0.15, 0.2) is 16.9 Å². The summed E-state index contributed by atoms with van der Waals surface area (Å²) in [5.74, 6) is -0.307. The van der Waals surface area contributed by atoms with E-state index in [1.807, 2.05) is 0 Å². The minimum Gasteiger partial charge on any atom is -0.444 e. The highest BCUT2D eigenvalue weighted by Crippen LogP contribution is 2.08. The van der Waals surface area contributed by atoms with E-state index in [0.29, 0.717) is 11.0 Å². The molecule has 0 fully saturated rings. The topological polar surface area (TPSA) is 84.4 Å². The fourth-order valence-corrected chi connectivity index (χ4v) is 1.48. The number of hydrogen-bond donors (Lipinski definition) is 1. The van der Waals surface area contributed by atoms with Gasteiger partial charge in [-0.15, -0.1) is 0 Å². The Morgan fingerprint density at radius 3 is 2.43 bits per heavy atom. The molecule has 1 rings (SSSR count). The number of rotatable bonds is 4. The van der Waals surface area contributed by atoms with Gasteiger partial charge in [0.05, 0.1) is 4.47 Å². The van der Waals surface area contributed by atoms with Crippen molar-refractivity contribution in [2.45, 2.75) is 26.4 Å². The number of ether oxygens (including phenoxy) is 1. The molecule has 2 amide bonds. The van der Waals surface area contributed by atoms with Crippen LogP contribution in [0, 0.1) is 0 Å². The summed E-state index contributed by atoms with van der Waals surface area (Å²) in [6, 6.07) is 0. The van der Waals surface area contributed by atoms with Crippen molar-refractivity contribution >= 4 is 27.9 Å². The minimum absolute atomic E-state index is 0.0816. The van der Waals surface area contributed by atoms with Crippen molar-refractivity contribution < 1.29 is 14.3 Å². The maximum Gasteiger partial charge on any atom is 0.410 e. The molecule has 0 spiro atoms. The van der Waals surface area contributed by atoms with Gasteiger partial charge in [0.15, 0.2) is 0 Å². The van der Waals surface area contributed by atoms with Crippen LogP contribution in [0.5, 0.6) is 0 Å². The SMILES string of the molecule is CN(CCNC(=O)c1ncc(Br)cn1)C(=O)OC(C)(C)C. The summed E-state index contributed by atoms with van der Waals surface area (Å²) < 4.78 is 5.90. The van der Waals surface area contributed by atoms with Gasteiger partial charge in [-0.25, -0.2) is 14.8 Å². The Morgan fingerprint density at radius 1 is 1.33 bits per heavy atom. The molecule has 0 radical (unpaired) electrons. The number of nitrogens with zero attached hydrogens (tertiary/aromatic N) is 3. The predicted molar refractivity (Wildman–Crippen MR) is 80.9 cm³/mol. The highest BCUT2D eigenvalue weighted by atomic mass is 79.9. The van der Waals surface area contributed by atoms with Gasteiger partial charge >= 0.3 is 6.09 Å². The van der Waals surface area contributed by atoms with Crippen LogP contribution >= 0.6 is 15.9 Å². The quantitative estimate of drug-likeness (QED) is 0.887. The lowest BCUT2D eigenvalue weighted by Gasteiger charge is -2.24. The highest BCUT2D eigenvalue weighted by Gasteiger charge is 2.19. The molecular formula is C13H19BrN4O3. The molecule has 0 atom stereocenters. The standard InChI is InChI=1S/C13H19BrN4O3/c1-13(2,3)21-12(20)18(4)6-5-15-11(19)10-16-7-9(14)8-17-10/h7-8H,5-6H2,1-4H3,(H,15,19). The van der Waals surface area contributed by atoms with Crippen molar-refractivity contribution in [2.24, 2.45) is 0 Å². The van der Waals surface area contributed by atoms with E-state index in [1.165, 1.54) is 17.3 Å². The van der Waals surface area contributed by atoms with E-state index in [1.54, 1.807) is 27.8 Å². The second kappa shape index (κ2) is 7.35. The van der Waals surface area contributed by atoms with Crippen molar-refractivity contribution in [3.05, 3.63) is 22.7 Å². The first-order valence-electron chi connectivity index (χ1n) is 6.39. The van der Waals surface area contributed by atoms with Crippen LogP contribution in [0.25, 0.3) is 0 Å². The molecular weight excluding hydrogens is 340 g/mol. The molecule has 21 heavy (non-hydrogen) atoms. The van der Waals surface area contributed by atoms with Crippen molar-refractivity contribution in [2.75, 3.05) is 20.1 Å². The summed E-state index contributed by atoms with van der Waals surface area (Å²) in [7, 11) is 1.61. The van der Waals surface area contributed by atoms with Crippen molar-refractivity contribution in [1.82, 2.24) is 20.2 Å². The number of likely N-dealkylation sites (N-methyl/N-ethyl adjacent to an activating group) is 1. The maximum atomic E-state index is 11.8. The molecule has 7 nitrogen and oxygen atoms in total. The first kappa shape index (κ1) is 17.4. The van der Waals surface area contributed by atoms with Crippen LogP contribution < -0.4 is 5.32 Å². The fraction of sp³-hybridized carbons (Fsp3) is 0.538. The first-order chi connectivity index (χ1) is 9.69. The Bertz CT molecular complexity index is 499. The van der Waals surface area contributed by atoms with Gasteiger partial charge in [-0.2, -0.15) is 0 Å². The van der Waals surface area contributed by atoms with Gasteiger partial charge in [0, 0.05) is 32.5 Å². The Morgan fingerprint density at radius 2 is 1.90 bits per heavy atom. The number of hydrogen-bond acceptors (Lipinski definition) is 5. The molecule has 0 unspecified atom stereocenters. The number of nitrogens with one attached hydrogen (secondary N) is 1. The Labute approximate surface area is 132 Å². The molecule has 0 bridgehead atoms. The number of halogens is 1. The lowest BCUT2D eigenvalue weighted by atomic mass is 10.2. The van der Waals surface area contributed by atoms with E-state index in [4.69, 9.17) is 4.74 Å². The number of aromatic nitrogens is 2. The van der Waals surface area contributed by atoms with Crippen LogP contribution in [0.2, 0.25) is 0 Å². The second-order valence-corrected chi connectivity index (χ2v) is 6.30. The average molecular weight is 359 g/mol. The molecule has 8 heteroatoms. The van der Waals surface area contributed by atoms with Gasteiger partial charge in [-0.3, -0.25) is 4.79 Å². The average Bonchev–Trinajstić information content (AvgIpc) is 2.37. The summed E-state index contributed by atoms with van der Waals surface area (Å²) in [4.78, 5) is 32.6. The maximum absolute atomic E-state index is 11.8. The Balaban J connectivity index is 2.37. The van der Waals surface area contributed by atoms with Gasteiger partial charge in [0.2, 0.25) is 5.82 Å². The molecule has 0 saturated carbocycles. The van der Waals surface area contributed by atoms with Crippen LogP contribution in [0.4, 0.5) is 4.79 Å². The lowest BCUT2D eigenvalue weighted by Crippen LogP contribution is -2.39. The largest absolute Gasteiger partial charge is 0.444 e. The van der Waals surface area contributed by atoms with Gasteiger partial charge in [0.1, 0.15) is 5.60 Å². The monoisotopic (exact) mass is 358 g/mol. The third-order valence-corrected chi connectivity index (χ3v) is 2.67. The molecule has 0 saturated heterocycles. The molecule has 1 aromatic heterocycles. The Hall–Kier alpha value is -1.70. The normalized spacial score (nSPS) is 10.9. The van der Waals surface area contributed by atoms with Gasteiger partial charge in [-0.1, -0.05) is 0 Å². The fourth-order valence-electron chi connectivity index (χ4n) is 1.28. The minimum atomic E-state index is -0.542. The molecule has 0 aliphatic heterocycles. The van der Waals surface area contributed by atoms with Gasteiger partial charge in [-0.05, 0) is 36.7 Å². The third-order valence-electron chi connectivity index (χ3n) is 2.26. The molecule has 116 valence electrons. The molecule has 1 aromatic rings. The predicted octanol–water partition coefficient (Wildman–Crippen LogP) is 1.84. The number of amides is 2. The third kappa shape index (κ3) is 6.52. The number of carbonyl (C=O) groups excluding carboxylic acids is 2. The summed E-state index contributed by atoms with van der Waals surface area (Å²) in [5.41, 5.74) is -0.542. The van der Waals surface area contributed by atoms with E-state index in [9.17, 15) is 9.59 Å². The lowest BCUT2D eigenvalue weighted by molar-refractivity contribution is 0.0299. The summed E-state index contributed by atoms with van der Waals surface area (Å²) in [6.45, 7) is 6.01.